The number of carboxylic acid groups (broad SMARTS) is 2. The smallest absolute Gasteiger partial charge is 0.408 e. The molecule has 0 spiro atoms. The molecular formula is C25H32N2O10S. The van der Waals surface area contributed by atoms with Gasteiger partial charge in [0.05, 0.1) is 17.0 Å². The zero-order valence-corrected chi connectivity index (χ0v) is 22.4. The summed E-state index contributed by atoms with van der Waals surface area (Å²) in [6.45, 7) is 6.36. The Hall–Kier alpha value is -3.71. The number of carbonyl (C=O) groups is 3. The summed E-state index contributed by atoms with van der Waals surface area (Å²) in [5.74, 6) is -3.51. The number of nitrogens with zero attached hydrogens (tertiary/aromatic N) is 1. The predicted molar refractivity (Wildman–Crippen MR) is 134 cm³/mol. The van der Waals surface area contributed by atoms with Crippen LogP contribution in [0.1, 0.15) is 38.4 Å². The maximum absolute atomic E-state index is 12.2. The molecule has 12 nitrogen and oxygen atoms in total. The molecule has 38 heavy (non-hydrogen) atoms. The van der Waals surface area contributed by atoms with Gasteiger partial charge in [-0.2, -0.15) is 8.42 Å². The second kappa shape index (κ2) is 13.2. The van der Waals surface area contributed by atoms with Crippen LogP contribution >= 0.6 is 0 Å². The van der Waals surface area contributed by atoms with Gasteiger partial charge in [0.25, 0.3) is 10.1 Å². The number of pyridine rings is 1. The zero-order chi connectivity index (χ0) is 28.5. The van der Waals surface area contributed by atoms with E-state index in [9.17, 15) is 33.0 Å². The van der Waals surface area contributed by atoms with Gasteiger partial charge in [-0.25, -0.2) is 9.59 Å². The summed E-state index contributed by atoms with van der Waals surface area (Å²) in [5, 5.41) is 21.2. The number of aromatic nitrogens is 1. The first-order chi connectivity index (χ1) is 17.7. The Labute approximate surface area is 221 Å². The fraction of sp³-hybridized carbons (Fsp3) is 0.440. The lowest BCUT2D eigenvalue weighted by Gasteiger charge is -2.23. The number of carboxylic acids is 2. The van der Waals surface area contributed by atoms with Crippen LogP contribution in [0.2, 0.25) is 0 Å². The maximum atomic E-state index is 12.2. The number of hydrogen-bond donors (Lipinski definition) is 3. The second-order valence-corrected chi connectivity index (χ2v) is 11.1. The highest BCUT2D eigenvalue weighted by atomic mass is 32.2. The number of rotatable bonds is 13. The molecule has 13 heteroatoms. The van der Waals surface area contributed by atoms with E-state index < -0.39 is 52.1 Å². The average molecular weight is 553 g/mol. The Morgan fingerprint density at radius 1 is 1.00 bits per heavy atom. The predicted octanol–water partition coefficient (Wildman–Crippen LogP) is 2.79. The molecule has 1 aromatic heterocycles. The number of nitrogens with one attached hydrogen (secondary N) is 1. The standard InChI is InChI=1S/C25H32N2O10S/c1-16-5-9-20(10-6-16)38(33,34)36-12-11-35-19-8-7-18(26-15-19)13-17(22(28)29)14-21(23(30)31)27-24(32)37-25(2,3)4/h5-10,15,17,21H,11-14H2,1-4H3,(H,27,32)(H,28,29)(H,30,31)/t17-,21+/m0/s1. The molecule has 0 aliphatic carbocycles. The molecule has 0 radical (unpaired) electrons. The summed E-state index contributed by atoms with van der Waals surface area (Å²) < 4.78 is 39.8. The normalized spacial score (nSPS) is 13.3. The zero-order valence-electron chi connectivity index (χ0n) is 21.5. The van der Waals surface area contributed by atoms with E-state index in [4.69, 9.17) is 13.7 Å². The molecule has 0 saturated heterocycles. The first kappa shape index (κ1) is 30.5. The van der Waals surface area contributed by atoms with Crippen LogP contribution in [0.3, 0.4) is 0 Å². The van der Waals surface area contributed by atoms with Crippen molar-refractivity contribution in [2.45, 2.75) is 57.1 Å². The minimum Gasteiger partial charge on any atom is -0.490 e. The van der Waals surface area contributed by atoms with Gasteiger partial charge in [-0.15, -0.1) is 0 Å². The number of aryl methyl sites for hydroxylation is 1. The highest BCUT2D eigenvalue weighted by Gasteiger charge is 2.30. The lowest BCUT2D eigenvalue weighted by Crippen LogP contribution is -2.45. The number of amides is 1. The molecule has 208 valence electrons. The van der Waals surface area contributed by atoms with Crippen LogP contribution in [0.5, 0.6) is 5.75 Å². The van der Waals surface area contributed by atoms with E-state index in [1.165, 1.54) is 30.5 Å². The van der Waals surface area contributed by atoms with Crippen molar-refractivity contribution < 1.29 is 46.7 Å². The van der Waals surface area contributed by atoms with E-state index >= 15 is 0 Å². The Morgan fingerprint density at radius 3 is 2.18 bits per heavy atom. The van der Waals surface area contributed by atoms with Crippen molar-refractivity contribution in [3.8, 4) is 5.75 Å². The Kier molecular flexibility index (Phi) is 10.6. The maximum Gasteiger partial charge on any atom is 0.408 e. The third-order valence-electron chi connectivity index (χ3n) is 5.01. The van der Waals surface area contributed by atoms with Crippen LogP contribution in [-0.4, -0.2) is 66.5 Å². The van der Waals surface area contributed by atoms with E-state index in [-0.39, 0.29) is 24.5 Å². The SMILES string of the molecule is Cc1ccc(S(=O)(=O)OCCOc2ccc(C[C@@H](C[C@@H](NC(=O)OC(C)(C)C)C(=O)O)C(=O)O)nc2)cc1. The summed E-state index contributed by atoms with van der Waals surface area (Å²) in [4.78, 5) is 39.5. The van der Waals surface area contributed by atoms with Gasteiger partial charge in [0, 0.05) is 12.1 Å². The minimum atomic E-state index is -3.92. The number of carbonyl (C=O) groups excluding carboxylic acids is 1. The van der Waals surface area contributed by atoms with Gasteiger partial charge in [0.15, 0.2) is 0 Å². The molecule has 0 aliphatic heterocycles. The first-order valence-corrected chi connectivity index (χ1v) is 13.1. The second-order valence-electron chi connectivity index (χ2n) is 9.43. The Bertz CT molecular complexity index is 1210. The molecule has 0 aliphatic rings. The third-order valence-corrected chi connectivity index (χ3v) is 6.34. The molecular weight excluding hydrogens is 520 g/mol. The highest BCUT2D eigenvalue weighted by Crippen LogP contribution is 2.18. The molecule has 1 heterocycles. The Balaban J connectivity index is 1.90. The molecule has 1 aromatic carbocycles. The summed E-state index contributed by atoms with van der Waals surface area (Å²) in [6.07, 6.45) is -0.135. The van der Waals surface area contributed by atoms with Crippen molar-refractivity contribution >= 4 is 28.1 Å². The van der Waals surface area contributed by atoms with Gasteiger partial charge in [0.1, 0.15) is 30.6 Å². The van der Waals surface area contributed by atoms with E-state index in [1.807, 2.05) is 6.92 Å². The van der Waals surface area contributed by atoms with Gasteiger partial charge < -0.3 is 25.0 Å². The molecule has 2 aromatic rings. The highest BCUT2D eigenvalue weighted by molar-refractivity contribution is 7.86. The van der Waals surface area contributed by atoms with Crippen LogP contribution < -0.4 is 10.1 Å². The van der Waals surface area contributed by atoms with Crippen molar-refractivity contribution in [2.75, 3.05) is 13.2 Å². The van der Waals surface area contributed by atoms with Gasteiger partial charge in [-0.05, 0) is 58.4 Å². The minimum absolute atomic E-state index is 0.0357. The van der Waals surface area contributed by atoms with Gasteiger partial charge >= 0.3 is 18.0 Å². The van der Waals surface area contributed by atoms with E-state index in [2.05, 4.69) is 10.3 Å². The number of alkyl carbamates (subject to hydrolysis) is 1. The number of aliphatic carboxylic acids is 2. The molecule has 0 unspecified atom stereocenters. The van der Waals surface area contributed by atoms with E-state index in [1.54, 1.807) is 32.9 Å². The average Bonchev–Trinajstić information content (AvgIpc) is 2.80. The lowest BCUT2D eigenvalue weighted by atomic mass is 9.94. The van der Waals surface area contributed by atoms with Gasteiger partial charge in [-0.3, -0.25) is 14.0 Å². The number of ether oxygens (including phenoxy) is 2. The topological polar surface area (TPSA) is 178 Å². The molecule has 1 amide bonds. The molecule has 2 atom stereocenters. The summed E-state index contributed by atoms with van der Waals surface area (Å²) >= 11 is 0. The van der Waals surface area contributed by atoms with Crippen LogP contribution in [0.25, 0.3) is 0 Å². The molecule has 2 rings (SSSR count). The largest absolute Gasteiger partial charge is 0.490 e. The fourth-order valence-electron chi connectivity index (χ4n) is 3.17. The van der Waals surface area contributed by atoms with Gasteiger partial charge in [-0.1, -0.05) is 17.7 Å². The number of hydrogen-bond acceptors (Lipinski definition) is 9. The van der Waals surface area contributed by atoms with Crippen molar-refractivity contribution in [3.05, 3.63) is 53.9 Å². The summed E-state index contributed by atoms with van der Waals surface area (Å²) in [5.41, 5.74) is 0.413. The first-order valence-electron chi connectivity index (χ1n) is 11.7. The van der Waals surface area contributed by atoms with Crippen LogP contribution in [0.4, 0.5) is 4.79 Å². The fourth-order valence-corrected chi connectivity index (χ4v) is 4.07. The van der Waals surface area contributed by atoms with E-state index in [0.29, 0.717) is 11.4 Å². The van der Waals surface area contributed by atoms with E-state index in [0.717, 1.165) is 5.56 Å². The van der Waals surface area contributed by atoms with Crippen LogP contribution in [-0.2, 0) is 35.0 Å². The molecule has 0 saturated carbocycles. The van der Waals surface area contributed by atoms with Crippen LogP contribution in [0, 0.1) is 12.8 Å². The van der Waals surface area contributed by atoms with Gasteiger partial charge in [0.2, 0.25) is 0 Å². The van der Waals surface area contributed by atoms with Crippen molar-refractivity contribution in [1.82, 2.24) is 10.3 Å². The van der Waals surface area contributed by atoms with Crippen LogP contribution in [0.15, 0.2) is 47.5 Å². The lowest BCUT2D eigenvalue weighted by molar-refractivity contribution is -0.144. The molecule has 0 fully saturated rings. The summed E-state index contributed by atoms with van der Waals surface area (Å²) in [7, 11) is -3.92. The monoisotopic (exact) mass is 552 g/mol. The third kappa shape index (κ3) is 10.3. The van der Waals surface area contributed by atoms with Crippen molar-refractivity contribution in [3.63, 3.8) is 0 Å². The summed E-state index contributed by atoms with van der Waals surface area (Å²) in [6, 6.07) is 7.76. The molecule has 0 bridgehead atoms. The quantitative estimate of drug-likeness (QED) is 0.246. The number of benzene rings is 1. The Morgan fingerprint density at radius 2 is 1.66 bits per heavy atom. The van der Waals surface area contributed by atoms with Crippen molar-refractivity contribution in [2.24, 2.45) is 5.92 Å². The molecule has 3 N–H and O–H groups in total. The van der Waals surface area contributed by atoms with Crippen molar-refractivity contribution in [1.29, 1.82) is 0 Å².